The molecule has 3 amide bonds. The predicted molar refractivity (Wildman–Crippen MR) is 133 cm³/mol. The molecule has 2 aliphatic heterocycles. The number of urea groups is 1. The first-order chi connectivity index (χ1) is 18.1. The Morgan fingerprint density at radius 2 is 1.58 bits per heavy atom. The van der Waals surface area contributed by atoms with E-state index in [0.717, 1.165) is 12.2 Å². The number of hydrogen-bond donors (Lipinski definition) is 3. The van der Waals surface area contributed by atoms with Gasteiger partial charge >= 0.3 is 12.0 Å². The molecule has 3 atom stereocenters. The van der Waals surface area contributed by atoms with E-state index in [2.05, 4.69) is 0 Å². The summed E-state index contributed by atoms with van der Waals surface area (Å²) in [7, 11) is 0. The number of amides is 3. The summed E-state index contributed by atoms with van der Waals surface area (Å²) >= 11 is 0. The smallest absolute Gasteiger partial charge is 0.335 e. The third-order valence-corrected chi connectivity index (χ3v) is 6.12. The van der Waals surface area contributed by atoms with Crippen LogP contribution in [0.25, 0.3) is 12.2 Å². The Kier molecular flexibility index (Phi) is 7.81. The Balaban J connectivity index is 1.71. The molecule has 4 rings (SSSR count). The van der Waals surface area contributed by atoms with Gasteiger partial charge in [0.05, 0.1) is 18.7 Å². The second kappa shape index (κ2) is 11.1. The topological polar surface area (TPSA) is 133 Å². The van der Waals surface area contributed by atoms with E-state index in [4.69, 9.17) is 10.5 Å². The molecule has 0 bridgehead atoms. The number of aliphatic hydroxyl groups excluding tert-OH is 2. The van der Waals surface area contributed by atoms with Crippen LogP contribution in [-0.4, -0.2) is 75.2 Å². The number of halogens is 2. The lowest BCUT2D eigenvalue weighted by molar-refractivity contribution is -0.157. The van der Waals surface area contributed by atoms with Crippen LogP contribution >= 0.6 is 0 Å². The summed E-state index contributed by atoms with van der Waals surface area (Å²) in [6.45, 7) is -1.67. The quantitative estimate of drug-likeness (QED) is 0.472. The van der Waals surface area contributed by atoms with Crippen LogP contribution in [0.3, 0.4) is 0 Å². The van der Waals surface area contributed by atoms with E-state index in [1.807, 2.05) is 0 Å². The van der Waals surface area contributed by atoms with Gasteiger partial charge in [-0.25, -0.2) is 9.69 Å². The monoisotopic (exact) mass is 525 g/mol. The molecule has 2 aliphatic rings. The predicted octanol–water partition coefficient (Wildman–Crippen LogP) is 2.13. The summed E-state index contributed by atoms with van der Waals surface area (Å²) in [6, 6.07) is 16.1. The van der Waals surface area contributed by atoms with E-state index in [-0.39, 0.29) is 5.57 Å². The Hall–Kier alpha value is -4.19. The minimum Gasteiger partial charge on any atom is -0.394 e. The highest BCUT2D eigenvalue weighted by molar-refractivity contribution is 6.11. The van der Waals surface area contributed by atoms with Crippen molar-refractivity contribution in [3.05, 3.63) is 95.3 Å². The second-order valence-electron chi connectivity index (χ2n) is 8.63. The first kappa shape index (κ1) is 26.9. The number of ketones is 1. The highest BCUT2D eigenvalue weighted by Crippen LogP contribution is 2.39. The fourth-order valence-electron chi connectivity index (χ4n) is 4.08. The van der Waals surface area contributed by atoms with Crippen molar-refractivity contribution < 1.29 is 38.1 Å². The van der Waals surface area contributed by atoms with Crippen molar-refractivity contribution >= 4 is 29.9 Å². The maximum absolute atomic E-state index is 14.9. The molecule has 2 heterocycles. The molecule has 1 saturated heterocycles. The van der Waals surface area contributed by atoms with Crippen molar-refractivity contribution in [1.82, 2.24) is 9.80 Å². The number of alkyl halides is 2. The third-order valence-electron chi connectivity index (χ3n) is 6.12. The molecule has 0 saturated carbocycles. The summed E-state index contributed by atoms with van der Waals surface area (Å²) in [6.07, 6.45) is -1.46. The van der Waals surface area contributed by atoms with Gasteiger partial charge in [0.2, 0.25) is 6.23 Å². The van der Waals surface area contributed by atoms with Gasteiger partial charge in [0.15, 0.2) is 11.9 Å². The van der Waals surface area contributed by atoms with Gasteiger partial charge in [-0.15, -0.1) is 0 Å². The standard InChI is InChI=1S/C27H25F2N3O6/c28-27(29)23(36)21(16-33)38-25(27)31-15-19(20(34)13-11-17-7-3-1-4-8-17)24(30)32(26(31)37)22(35)14-12-18-9-5-2-6-10-18/h1-14,21,23,25,33,36H,15-16,30H2/t21-,23-,25-/m1/s1. The van der Waals surface area contributed by atoms with Gasteiger partial charge in [0, 0.05) is 6.08 Å². The van der Waals surface area contributed by atoms with Crippen LogP contribution in [0.5, 0.6) is 0 Å². The van der Waals surface area contributed by atoms with E-state index in [1.54, 1.807) is 60.7 Å². The summed E-state index contributed by atoms with van der Waals surface area (Å²) in [4.78, 5) is 40.4. The fourth-order valence-corrected chi connectivity index (χ4v) is 4.08. The van der Waals surface area contributed by atoms with E-state index >= 15 is 0 Å². The molecule has 38 heavy (non-hydrogen) atoms. The lowest BCUT2D eigenvalue weighted by atomic mass is 10.0. The number of carbonyl (C=O) groups is 3. The van der Waals surface area contributed by atoms with Crippen molar-refractivity contribution in [2.24, 2.45) is 5.73 Å². The average Bonchev–Trinajstić information content (AvgIpc) is 3.15. The fraction of sp³-hybridized carbons (Fsp3) is 0.222. The van der Waals surface area contributed by atoms with Gasteiger partial charge < -0.3 is 20.7 Å². The largest absolute Gasteiger partial charge is 0.394 e. The second-order valence-corrected chi connectivity index (χ2v) is 8.63. The number of nitrogens with zero attached hydrogens (tertiary/aromatic N) is 2. The molecular formula is C27H25F2N3O6. The molecule has 0 aromatic heterocycles. The first-order valence-electron chi connectivity index (χ1n) is 11.6. The molecule has 198 valence electrons. The molecule has 4 N–H and O–H groups in total. The number of nitrogens with two attached hydrogens (primary N) is 1. The molecular weight excluding hydrogens is 500 g/mol. The van der Waals surface area contributed by atoms with Crippen LogP contribution in [0.1, 0.15) is 11.1 Å². The van der Waals surface area contributed by atoms with Crippen LogP contribution in [0.4, 0.5) is 13.6 Å². The van der Waals surface area contributed by atoms with Crippen molar-refractivity contribution in [1.29, 1.82) is 0 Å². The van der Waals surface area contributed by atoms with Crippen LogP contribution in [0.15, 0.2) is 84.2 Å². The van der Waals surface area contributed by atoms with Gasteiger partial charge in [-0.2, -0.15) is 8.78 Å². The zero-order valence-corrected chi connectivity index (χ0v) is 20.0. The van der Waals surface area contributed by atoms with Crippen molar-refractivity contribution in [3.63, 3.8) is 0 Å². The zero-order chi connectivity index (χ0) is 27.4. The van der Waals surface area contributed by atoms with Crippen LogP contribution < -0.4 is 5.73 Å². The number of imide groups is 1. The average molecular weight is 526 g/mol. The number of allylic oxidation sites excluding steroid dienone is 1. The minimum absolute atomic E-state index is 0.306. The Morgan fingerprint density at radius 1 is 1.03 bits per heavy atom. The molecule has 0 aliphatic carbocycles. The third kappa shape index (κ3) is 5.25. The summed E-state index contributed by atoms with van der Waals surface area (Å²) in [5, 5.41) is 19.3. The molecule has 0 unspecified atom stereocenters. The van der Waals surface area contributed by atoms with Crippen LogP contribution in [0, 0.1) is 0 Å². The van der Waals surface area contributed by atoms with E-state index in [1.165, 1.54) is 12.2 Å². The van der Waals surface area contributed by atoms with Gasteiger partial charge in [0.1, 0.15) is 11.9 Å². The molecule has 2 aromatic rings. The highest BCUT2D eigenvalue weighted by atomic mass is 19.3. The lowest BCUT2D eigenvalue weighted by Crippen LogP contribution is -2.60. The highest BCUT2D eigenvalue weighted by Gasteiger charge is 2.62. The van der Waals surface area contributed by atoms with E-state index in [9.17, 15) is 33.4 Å². The molecule has 0 radical (unpaired) electrons. The number of benzene rings is 2. The molecule has 1 fully saturated rings. The zero-order valence-electron chi connectivity index (χ0n) is 20.0. The van der Waals surface area contributed by atoms with E-state index in [0.29, 0.717) is 20.9 Å². The maximum Gasteiger partial charge on any atom is 0.335 e. The SMILES string of the molecule is NC1=C(C(=O)C=Cc2ccccc2)CN([C@@H]2O[C@H](CO)[C@@H](O)C2(F)F)C(=O)N1C(=O)C=Cc1ccccc1. The van der Waals surface area contributed by atoms with Crippen molar-refractivity contribution in [2.45, 2.75) is 24.4 Å². The van der Waals surface area contributed by atoms with Gasteiger partial charge in [-0.1, -0.05) is 66.7 Å². The number of hydrogen-bond acceptors (Lipinski definition) is 7. The number of carbonyl (C=O) groups excluding carboxylic acids is 3. The van der Waals surface area contributed by atoms with Gasteiger partial charge in [-0.05, 0) is 23.3 Å². The number of ether oxygens (including phenoxy) is 1. The van der Waals surface area contributed by atoms with Crippen molar-refractivity contribution in [2.75, 3.05) is 13.2 Å². The normalized spacial score (nSPS) is 23.6. The number of rotatable bonds is 7. The number of aliphatic hydroxyl groups is 2. The molecule has 2 aromatic carbocycles. The van der Waals surface area contributed by atoms with Gasteiger partial charge in [-0.3, -0.25) is 14.5 Å². The summed E-state index contributed by atoms with van der Waals surface area (Å²) in [5.41, 5.74) is 7.07. The summed E-state index contributed by atoms with van der Waals surface area (Å²) in [5.74, 6) is -6.25. The summed E-state index contributed by atoms with van der Waals surface area (Å²) < 4.78 is 35.0. The lowest BCUT2D eigenvalue weighted by Gasteiger charge is -2.39. The Labute approximate surface area is 216 Å². The van der Waals surface area contributed by atoms with E-state index < -0.39 is 61.1 Å². The molecule has 0 spiro atoms. The Bertz CT molecular complexity index is 1300. The van der Waals surface area contributed by atoms with Crippen LogP contribution in [-0.2, 0) is 14.3 Å². The minimum atomic E-state index is -4.02. The molecule has 11 heteroatoms. The van der Waals surface area contributed by atoms with Crippen molar-refractivity contribution in [3.8, 4) is 0 Å². The molecule has 9 nitrogen and oxygen atoms in total. The van der Waals surface area contributed by atoms with Crippen LogP contribution in [0.2, 0.25) is 0 Å². The first-order valence-corrected chi connectivity index (χ1v) is 11.6. The van der Waals surface area contributed by atoms with Gasteiger partial charge in [0.25, 0.3) is 5.91 Å². The Morgan fingerprint density at radius 3 is 2.11 bits per heavy atom. The maximum atomic E-state index is 14.9.